The van der Waals surface area contributed by atoms with Gasteiger partial charge in [-0.25, -0.2) is 9.18 Å². The normalized spacial score (nSPS) is 16.4. The molecule has 1 fully saturated rings. The molecule has 2 rings (SSSR count). The number of ether oxygens (including phenoxy) is 1. The van der Waals surface area contributed by atoms with Crippen molar-refractivity contribution < 1.29 is 13.9 Å². The highest BCUT2D eigenvalue weighted by atomic mass is 35.5. The minimum Gasteiger partial charge on any atom is -0.465 e. The summed E-state index contributed by atoms with van der Waals surface area (Å²) in [6.45, 7) is 1.97. The minimum atomic E-state index is -0.828. The lowest BCUT2D eigenvalue weighted by molar-refractivity contribution is -0.146. The molecule has 18 heavy (non-hydrogen) atoms. The van der Waals surface area contributed by atoms with Crippen LogP contribution >= 0.6 is 11.6 Å². The van der Waals surface area contributed by atoms with Gasteiger partial charge in [0, 0.05) is 16.6 Å². The zero-order valence-corrected chi connectivity index (χ0v) is 10.8. The van der Waals surface area contributed by atoms with Gasteiger partial charge in [-0.2, -0.15) is 0 Å². The van der Waals surface area contributed by atoms with E-state index in [1.54, 1.807) is 13.0 Å². The molecule has 1 N–H and O–H groups in total. The lowest BCUT2D eigenvalue weighted by Crippen LogP contribution is -2.32. The second-order valence-corrected chi connectivity index (χ2v) is 4.67. The van der Waals surface area contributed by atoms with Crippen molar-refractivity contribution in [1.82, 2.24) is 5.32 Å². The summed E-state index contributed by atoms with van der Waals surface area (Å²) in [7, 11) is 0. The van der Waals surface area contributed by atoms with Gasteiger partial charge in [0.05, 0.1) is 6.61 Å². The second-order valence-electron chi connectivity index (χ2n) is 4.26. The molecule has 0 radical (unpaired) electrons. The Kier molecular flexibility index (Phi) is 4.19. The number of benzene rings is 1. The van der Waals surface area contributed by atoms with E-state index < -0.39 is 17.8 Å². The zero-order valence-electron chi connectivity index (χ0n) is 10.1. The Morgan fingerprint density at radius 3 is 2.89 bits per heavy atom. The van der Waals surface area contributed by atoms with Crippen LogP contribution in [-0.4, -0.2) is 18.6 Å². The largest absolute Gasteiger partial charge is 0.465 e. The van der Waals surface area contributed by atoms with E-state index >= 15 is 0 Å². The standard InChI is InChI=1S/C13H15ClFNO2/c1-2-18-13(17)12(16-8-6-7-8)11-9(14)4-3-5-10(11)15/h3-5,8,12,16H,2,6-7H2,1H3. The molecular weight excluding hydrogens is 257 g/mol. The van der Waals surface area contributed by atoms with E-state index in [1.165, 1.54) is 12.1 Å². The second kappa shape index (κ2) is 5.67. The van der Waals surface area contributed by atoms with E-state index in [0.717, 1.165) is 12.8 Å². The van der Waals surface area contributed by atoms with Gasteiger partial charge in [-0.3, -0.25) is 5.32 Å². The van der Waals surface area contributed by atoms with Crippen LogP contribution < -0.4 is 5.32 Å². The smallest absolute Gasteiger partial charge is 0.327 e. The maximum Gasteiger partial charge on any atom is 0.327 e. The maximum absolute atomic E-state index is 13.8. The molecule has 98 valence electrons. The molecule has 5 heteroatoms. The fourth-order valence-electron chi connectivity index (χ4n) is 1.77. The summed E-state index contributed by atoms with van der Waals surface area (Å²) in [6, 6.07) is 3.80. The molecule has 1 atom stereocenters. The maximum atomic E-state index is 13.8. The lowest BCUT2D eigenvalue weighted by Gasteiger charge is -2.19. The molecule has 1 unspecified atom stereocenters. The van der Waals surface area contributed by atoms with E-state index in [0.29, 0.717) is 0 Å². The Morgan fingerprint density at radius 1 is 1.61 bits per heavy atom. The molecule has 1 saturated carbocycles. The summed E-state index contributed by atoms with van der Waals surface area (Å²) in [6.07, 6.45) is 1.98. The molecule has 1 aromatic carbocycles. The van der Waals surface area contributed by atoms with Crippen molar-refractivity contribution in [2.24, 2.45) is 0 Å². The SMILES string of the molecule is CCOC(=O)C(NC1CC1)c1c(F)cccc1Cl. The topological polar surface area (TPSA) is 38.3 Å². The quantitative estimate of drug-likeness (QED) is 0.837. The fraction of sp³-hybridized carbons (Fsp3) is 0.462. The summed E-state index contributed by atoms with van der Waals surface area (Å²) in [4.78, 5) is 11.9. The van der Waals surface area contributed by atoms with E-state index in [-0.39, 0.29) is 23.2 Å². The molecule has 0 heterocycles. The van der Waals surface area contributed by atoms with Crippen molar-refractivity contribution in [3.63, 3.8) is 0 Å². The van der Waals surface area contributed by atoms with Crippen molar-refractivity contribution >= 4 is 17.6 Å². The Balaban J connectivity index is 2.29. The van der Waals surface area contributed by atoms with Gasteiger partial charge >= 0.3 is 5.97 Å². The van der Waals surface area contributed by atoms with E-state index in [1.807, 2.05) is 0 Å². The number of hydrogen-bond donors (Lipinski definition) is 1. The third-order valence-electron chi connectivity index (χ3n) is 2.79. The van der Waals surface area contributed by atoms with Crippen molar-refractivity contribution in [2.75, 3.05) is 6.61 Å². The molecule has 0 saturated heterocycles. The predicted octanol–water partition coefficient (Wildman–Crippen LogP) is 2.84. The van der Waals surface area contributed by atoms with E-state index in [9.17, 15) is 9.18 Å². The van der Waals surface area contributed by atoms with Crippen molar-refractivity contribution in [3.8, 4) is 0 Å². The molecule has 3 nitrogen and oxygen atoms in total. The number of nitrogens with one attached hydrogen (secondary N) is 1. The Labute approximate surface area is 110 Å². The van der Waals surface area contributed by atoms with Crippen molar-refractivity contribution in [1.29, 1.82) is 0 Å². The highest BCUT2D eigenvalue weighted by molar-refractivity contribution is 6.31. The molecule has 0 bridgehead atoms. The summed E-state index contributed by atoms with van der Waals surface area (Å²) in [5.41, 5.74) is 0.171. The third-order valence-corrected chi connectivity index (χ3v) is 3.12. The third kappa shape index (κ3) is 3.00. The lowest BCUT2D eigenvalue weighted by atomic mass is 10.1. The first kappa shape index (κ1) is 13.3. The van der Waals surface area contributed by atoms with Crippen LogP contribution in [0.5, 0.6) is 0 Å². The number of hydrogen-bond acceptors (Lipinski definition) is 3. The van der Waals surface area contributed by atoms with Crippen LogP contribution in [0.15, 0.2) is 18.2 Å². The molecule has 1 aliphatic rings. The zero-order chi connectivity index (χ0) is 13.1. The molecule has 0 aromatic heterocycles. The highest BCUT2D eigenvalue weighted by Crippen LogP contribution is 2.30. The highest BCUT2D eigenvalue weighted by Gasteiger charge is 2.33. The average Bonchev–Trinajstić information content (AvgIpc) is 3.11. The Bertz CT molecular complexity index is 428. The number of halogens is 2. The van der Waals surface area contributed by atoms with Gasteiger partial charge in [-0.1, -0.05) is 17.7 Å². The van der Waals surface area contributed by atoms with Crippen LogP contribution in [0.1, 0.15) is 31.4 Å². The molecule has 1 aromatic rings. The summed E-state index contributed by atoms with van der Waals surface area (Å²) < 4.78 is 18.8. The number of carbonyl (C=O) groups excluding carboxylic acids is 1. The number of esters is 1. The van der Waals surface area contributed by atoms with Gasteiger partial charge in [-0.15, -0.1) is 0 Å². The minimum absolute atomic E-state index is 0.171. The fourth-order valence-corrected chi connectivity index (χ4v) is 2.04. The Hall–Kier alpha value is -1.13. The van der Waals surface area contributed by atoms with Crippen LogP contribution in [0.25, 0.3) is 0 Å². The molecule has 1 aliphatic carbocycles. The first-order chi connectivity index (χ1) is 8.63. The number of rotatable bonds is 5. The Morgan fingerprint density at radius 2 is 2.33 bits per heavy atom. The van der Waals surface area contributed by atoms with E-state index in [2.05, 4.69) is 5.32 Å². The predicted molar refractivity (Wildman–Crippen MR) is 66.9 cm³/mol. The average molecular weight is 272 g/mol. The van der Waals surface area contributed by atoms with Gasteiger partial charge in [0.25, 0.3) is 0 Å². The number of carbonyl (C=O) groups is 1. The summed E-state index contributed by atoms with van der Waals surface area (Å²) in [5.74, 6) is -0.981. The molecule has 0 spiro atoms. The molecule has 0 amide bonds. The monoisotopic (exact) mass is 271 g/mol. The van der Waals surface area contributed by atoms with Crippen LogP contribution in [-0.2, 0) is 9.53 Å². The van der Waals surface area contributed by atoms with Crippen LogP contribution in [0.4, 0.5) is 4.39 Å². The van der Waals surface area contributed by atoms with Gasteiger partial charge in [0.2, 0.25) is 0 Å². The van der Waals surface area contributed by atoms with E-state index in [4.69, 9.17) is 16.3 Å². The summed E-state index contributed by atoms with van der Waals surface area (Å²) >= 11 is 5.98. The molecular formula is C13H15ClFNO2. The van der Waals surface area contributed by atoms with Gasteiger partial charge < -0.3 is 4.74 Å². The molecule has 0 aliphatic heterocycles. The van der Waals surface area contributed by atoms with Gasteiger partial charge in [0.1, 0.15) is 11.9 Å². The first-order valence-corrected chi connectivity index (χ1v) is 6.38. The van der Waals surface area contributed by atoms with Gasteiger partial charge in [-0.05, 0) is 31.9 Å². The van der Waals surface area contributed by atoms with Crippen molar-refractivity contribution in [3.05, 3.63) is 34.6 Å². The first-order valence-electron chi connectivity index (χ1n) is 6.00. The van der Waals surface area contributed by atoms with Crippen LogP contribution in [0.3, 0.4) is 0 Å². The summed E-state index contributed by atoms with van der Waals surface area (Å²) in [5, 5.41) is 3.31. The van der Waals surface area contributed by atoms with Crippen LogP contribution in [0.2, 0.25) is 5.02 Å². The van der Waals surface area contributed by atoms with Crippen LogP contribution in [0, 0.1) is 5.82 Å². The van der Waals surface area contributed by atoms with Gasteiger partial charge in [0.15, 0.2) is 0 Å². The van der Waals surface area contributed by atoms with Crippen molar-refractivity contribution in [2.45, 2.75) is 31.8 Å².